The average molecular weight is 289 g/mol. The third-order valence-electron chi connectivity index (χ3n) is 4.39. The summed E-state index contributed by atoms with van der Waals surface area (Å²) in [5.41, 5.74) is 6.03. The Labute approximate surface area is 130 Å². The van der Waals surface area contributed by atoms with Gasteiger partial charge in [-0.2, -0.15) is 0 Å². The fourth-order valence-electron chi connectivity index (χ4n) is 3.27. The van der Waals surface area contributed by atoms with E-state index >= 15 is 0 Å². The van der Waals surface area contributed by atoms with Gasteiger partial charge in [-0.3, -0.25) is 0 Å². The lowest BCUT2D eigenvalue weighted by molar-refractivity contribution is 0.740. The zero-order valence-corrected chi connectivity index (χ0v) is 12.7. The molecule has 1 heterocycles. The molecule has 0 saturated carbocycles. The summed E-state index contributed by atoms with van der Waals surface area (Å²) < 4.78 is 0. The van der Waals surface area contributed by atoms with Crippen LogP contribution in [0.5, 0.6) is 0 Å². The van der Waals surface area contributed by atoms with Crippen molar-refractivity contribution in [3.63, 3.8) is 0 Å². The van der Waals surface area contributed by atoms with Crippen molar-refractivity contribution in [1.82, 2.24) is 9.97 Å². The van der Waals surface area contributed by atoms with E-state index < -0.39 is 0 Å². The van der Waals surface area contributed by atoms with Crippen molar-refractivity contribution >= 4 is 5.95 Å². The Morgan fingerprint density at radius 2 is 2.09 bits per heavy atom. The highest BCUT2D eigenvalue weighted by Gasteiger charge is 2.23. The van der Waals surface area contributed by atoms with Crippen molar-refractivity contribution in [3.8, 4) is 11.3 Å². The highest BCUT2D eigenvalue weighted by atomic mass is 15.1. The van der Waals surface area contributed by atoms with Crippen molar-refractivity contribution in [2.75, 3.05) is 5.32 Å². The number of allylic oxidation sites excluding steroid dienone is 3. The third-order valence-corrected chi connectivity index (χ3v) is 4.39. The van der Waals surface area contributed by atoms with Crippen LogP contribution in [0.4, 0.5) is 5.95 Å². The van der Waals surface area contributed by atoms with Crippen LogP contribution >= 0.6 is 0 Å². The molecule has 1 aromatic carbocycles. The topological polar surface area (TPSA) is 37.8 Å². The molecule has 1 aromatic heterocycles. The largest absolute Gasteiger partial charge is 0.324 e. The van der Waals surface area contributed by atoms with Crippen molar-refractivity contribution in [1.29, 1.82) is 0 Å². The predicted octanol–water partition coefficient (Wildman–Crippen LogP) is 4.45. The summed E-state index contributed by atoms with van der Waals surface area (Å²) in [5.74, 6) is 1.20. The van der Waals surface area contributed by atoms with Gasteiger partial charge in [-0.1, -0.05) is 43.3 Å². The molecule has 110 valence electrons. The van der Waals surface area contributed by atoms with Gasteiger partial charge in [0, 0.05) is 17.5 Å². The minimum atomic E-state index is 0.523. The van der Waals surface area contributed by atoms with E-state index in [0.29, 0.717) is 11.9 Å². The maximum atomic E-state index is 4.79. The van der Waals surface area contributed by atoms with E-state index in [9.17, 15) is 0 Å². The quantitative estimate of drug-likeness (QED) is 0.887. The molecular weight excluding hydrogens is 270 g/mol. The number of anilines is 1. The van der Waals surface area contributed by atoms with E-state index in [2.05, 4.69) is 59.7 Å². The van der Waals surface area contributed by atoms with Gasteiger partial charge in [0.15, 0.2) is 0 Å². The van der Waals surface area contributed by atoms with E-state index in [1.165, 1.54) is 16.7 Å². The molecule has 3 nitrogen and oxygen atoms in total. The highest BCUT2D eigenvalue weighted by molar-refractivity contribution is 5.71. The van der Waals surface area contributed by atoms with Gasteiger partial charge in [-0.25, -0.2) is 9.97 Å². The van der Waals surface area contributed by atoms with Crippen LogP contribution in [0.25, 0.3) is 11.3 Å². The van der Waals surface area contributed by atoms with Crippen molar-refractivity contribution in [2.45, 2.75) is 32.1 Å². The number of hydrogen-bond donors (Lipinski definition) is 1. The number of nitrogens with zero attached hydrogens (tertiary/aromatic N) is 2. The summed E-state index contributed by atoms with van der Waals surface area (Å²) in [5, 5.41) is 3.33. The van der Waals surface area contributed by atoms with E-state index in [-0.39, 0.29) is 0 Å². The highest BCUT2D eigenvalue weighted by Crippen LogP contribution is 2.38. The van der Waals surface area contributed by atoms with E-state index in [4.69, 9.17) is 4.98 Å². The molecule has 3 heteroatoms. The second kappa shape index (κ2) is 5.41. The molecule has 2 aromatic rings. The second-order valence-electron chi connectivity index (χ2n) is 6.02. The Balaban J connectivity index is 1.73. The Bertz CT molecular complexity index is 774. The zero-order chi connectivity index (χ0) is 14.9. The van der Waals surface area contributed by atoms with Crippen LogP contribution in [0.1, 0.15) is 36.8 Å². The third kappa shape index (κ3) is 2.33. The number of benzene rings is 1. The minimum Gasteiger partial charge on any atom is -0.324 e. The van der Waals surface area contributed by atoms with Crippen LogP contribution in [0, 0.1) is 0 Å². The first kappa shape index (κ1) is 13.3. The molecular formula is C19H19N3. The first-order valence-electron chi connectivity index (χ1n) is 7.90. The summed E-state index contributed by atoms with van der Waals surface area (Å²) in [6.45, 7) is 2.27. The summed E-state index contributed by atoms with van der Waals surface area (Å²) in [4.78, 5) is 9.28. The number of aromatic nitrogens is 2. The minimum absolute atomic E-state index is 0.523. The van der Waals surface area contributed by atoms with Gasteiger partial charge in [0.2, 0.25) is 5.95 Å². The fraction of sp³-hybridized carbons (Fsp3) is 0.263. The summed E-state index contributed by atoms with van der Waals surface area (Å²) >= 11 is 0. The molecule has 0 radical (unpaired) electrons. The molecule has 1 N–H and O–H groups in total. The van der Waals surface area contributed by atoms with E-state index in [1.54, 1.807) is 0 Å². The van der Waals surface area contributed by atoms with Gasteiger partial charge in [0.25, 0.3) is 0 Å². The Morgan fingerprint density at radius 3 is 2.95 bits per heavy atom. The van der Waals surface area contributed by atoms with Gasteiger partial charge in [0.05, 0.1) is 5.69 Å². The molecule has 0 bridgehead atoms. The zero-order valence-electron chi connectivity index (χ0n) is 12.7. The van der Waals surface area contributed by atoms with Crippen molar-refractivity contribution in [3.05, 3.63) is 65.5 Å². The van der Waals surface area contributed by atoms with Gasteiger partial charge in [-0.15, -0.1) is 0 Å². The summed E-state index contributed by atoms with van der Waals surface area (Å²) in [6, 6.07) is 8.57. The average Bonchev–Trinajstić information content (AvgIpc) is 2.57. The monoisotopic (exact) mass is 289 g/mol. The van der Waals surface area contributed by atoms with Crippen LogP contribution in [0.2, 0.25) is 0 Å². The van der Waals surface area contributed by atoms with Crippen LogP contribution in [0.3, 0.4) is 0 Å². The smallest absolute Gasteiger partial charge is 0.227 e. The molecule has 0 unspecified atom stereocenters. The Morgan fingerprint density at radius 1 is 1.18 bits per heavy atom. The molecule has 0 spiro atoms. The summed E-state index contributed by atoms with van der Waals surface area (Å²) in [6.07, 6.45) is 11.6. The molecule has 0 saturated heterocycles. The summed E-state index contributed by atoms with van der Waals surface area (Å²) in [7, 11) is 0. The molecule has 0 aliphatic heterocycles. The van der Waals surface area contributed by atoms with E-state index in [0.717, 1.165) is 30.7 Å². The maximum Gasteiger partial charge on any atom is 0.227 e. The molecule has 2 aliphatic carbocycles. The molecule has 4 rings (SSSR count). The predicted molar refractivity (Wildman–Crippen MR) is 89.7 cm³/mol. The molecule has 22 heavy (non-hydrogen) atoms. The van der Waals surface area contributed by atoms with Crippen LogP contribution in [-0.2, 0) is 6.42 Å². The van der Waals surface area contributed by atoms with Crippen molar-refractivity contribution in [2.24, 2.45) is 0 Å². The SMILES string of the molecule is C[C@H]1Cc2cnc(NC3=CCCC=C3)nc2-c2ccccc21. The van der Waals surface area contributed by atoms with Gasteiger partial charge >= 0.3 is 0 Å². The molecule has 1 atom stereocenters. The van der Waals surface area contributed by atoms with E-state index in [1.807, 2.05) is 6.20 Å². The van der Waals surface area contributed by atoms with Gasteiger partial charge < -0.3 is 5.32 Å². The standard InChI is InChI=1S/C19H19N3/c1-13-11-14-12-20-19(21-15-7-3-2-4-8-15)22-18(14)17-10-6-5-9-16(13)17/h3,5-10,12-13H,2,4,11H2,1H3,(H,20,21,22)/t13-/m0/s1. The lowest BCUT2D eigenvalue weighted by Crippen LogP contribution is -2.12. The van der Waals surface area contributed by atoms with Gasteiger partial charge in [0.1, 0.15) is 0 Å². The Kier molecular flexibility index (Phi) is 3.26. The number of nitrogens with one attached hydrogen (secondary N) is 1. The first-order chi connectivity index (χ1) is 10.8. The first-order valence-corrected chi connectivity index (χ1v) is 7.90. The molecule has 0 fully saturated rings. The maximum absolute atomic E-state index is 4.79. The number of fused-ring (bicyclic) bond motifs is 3. The lowest BCUT2D eigenvalue weighted by atomic mass is 9.83. The van der Waals surface area contributed by atoms with Crippen molar-refractivity contribution < 1.29 is 0 Å². The van der Waals surface area contributed by atoms with Gasteiger partial charge in [-0.05, 0) is 42.4 Å². The van der Waals surface area contributed by atoms with Crippen LogP contribution < -0.4 is 5.32 Å². The molecule has 0 amide bonds. The normalized spacial score (nSPS) is 19.1. The second-order valence-corrected chi connectivity index (χ2v) is 6.02. The van der Waals surface area contributed by atoms with Crippen LogP contribution in [0.15, 0.2) is 54.4 Å². The number of hydrogen-bond acceptors (Lipinski definition) is 3. The Hall–Kier alpha value is -2.42. The lowest BCUT2D eigenvalue weighted by Gasteiger charge is -2.24. The fourth-order valence-corrected chi connectivity index (χ4v) is 3.27. The number of rotatable bonds is 2. The van der Waals surface area contributed by atoms with Crippen LogP contribution in [-0.4, -0.2) is 9.97 Å². The molecule has 2 aliphatic rings.